The van der Waals surface area contributed by atoms with E-state index in [0.29, 0.717) is 11.4 Å². The van der Waals surface area contributed by atoms with Crippen LogP contribution in [0.25, 0.3) is 5.69 Å². The Morgan fingerprint density at radius 1 is 1.20 bits per heavy atom. The third-order valence-corrected chi connectivity index (χ3v) is 4.50. The summed E-state index contributed by atoms with van der Waals surface area (Å²) in [5, 5.41) is 18.0. The lowest BCUT2D eigenvalue weighted by atomic mass is 10.2. The Bertz CT molecular complexity index is 1130. The molecule has 1 amide bonds. The molecule has 30 heavy (non-hydrogen) atoms. The molecule has 1 N–H and O–H groups in total. The molecule has 1 heterocycles. The van der Waals surface area contributed by atoms with Crippen molar-refractivity contribution in [2.24, 2.45) is 0 Å². The number of carbonyl (C=O) groups excluding carboxylic acids is 2. The highest BCUT2D eigenvalue weighted by Crippen LogP contribution is 2.27. The number of hydrogen-bond donors (Lipinski definition) is 1. The van der Waals surface area contributed by atoms with Crippen LogP contribution in [-0.4, -0.2) is 33.2 Å². The molecular weight excluding hydrogens is 412 g/mol. The van der Waals surface area contributed by atoms with E-state index in [1.165, 1.54) is 12.1 Å². The quantitative estimate of drug-likeness (QED) is 0.362. The largest absolute Gasteiger partial charge is 0.452 e. The molecular formula is C20H17ClN4O5. The van der Waals surface area contributed by atoms with E-state index >= 15 is 0 Å². The van der Waals surface area contributed by atoms with Gasteiger partial charge in [-0.25, -0.2) is 9.48 Å². The van der Waals surface area contributed by atoms with Crippen LogP contribution in [0.3, 0.4) is 0 Å². The van der Waals surface area contributed by atoms with Gasteiger partial charge in [-0.15, -0.1) is 0 Å². The molecule has 9 nitrogen and oxygen atoms in total. The molecule has 0 atom stereocenters. The average molecular weight is 429 g/mol. The molecule has 0 spiro atoms. The van der Waals surface area contributed by atoms with Crippen LogP contribution < -0.4 is 5.32 Å². The topological polar surface area (TPSA) is 116 Å². The summed E-state index contributed by atoms with van der Waals surface area (Å²) >= 11 is 5.75. The van der Waals surface area contributed by atoms with E-state index in [0.717, 1.165) is 11.8 Å². The van der Waals surface area contributed by atoms with Gasteiger partial charge < -0.3 is 10.1 Å². The number of hydrogen-bond acceptors (Lipinski definition) is 6. The second-order valence-electron chi connectivity index (χ2n) is 6.34. The zero-order valence-electron chi connectivity index (χ0n) is 16.1. The molecule has 0 aliphatic heterocycles. The molecule has 3 rings (SSSR count). The van der Waals surface area contributed by atoms with Gasteiger partial charge in [-0.3, -0.25) is 14.9 Å². The zero-order valence-corrected chi connectivity index (χ0v) is 16.8. The Morgan fingerprint density at radius 2 is 1.90 bits per heavy atom. The van der Waals surface area contributed by atoms with E-state index in [9.17, 15) is 19.7 Å². The lowest BCUT2D eigenvalue weighted by Crippen LogP contribution is -2.22. The van der Waals surface area contributed by atoms with E-state index in [4.69, 9.17) is 16.3 Å². The van der Waals surface area contributed by atoms with E-state index in [1.807, 2.05) is 30.3 Å². The predicted molar refractivity (Wildman–Crippen MR) is 110 cm³/mol. The maximum absolute atomic E-state index is 12.5. The maximum atomic E-state index is 12.5. The van der Waals surface area contributed by atoms with Crippen molar-refractivity contribution in [3.63, 3.8) is 0 Å². The Kier molecular flexibility index (Phi) is 6.12. The van der Waals surface area contributed by atoms with Gasteiger partial charge in [0.05, 0.1) is 22.0 Å². The fourth-order valence-corrected chi connectivity index (χ4v) is 3.08. The summed E-state index contributed by atoms with van der Waals surface area (Å²) in [6, 6.07) is 13.1. The van der Waals surface area contributed by atoms with Gasteiger partial charge >= 0.3 is 5.97 Å². The minimum Gasteiger partial charge on any atom is -0.452 e. The number of esters is 1. The van der Waals surface area contributed by atoms with Gasteiger partial charge in [0.1, 0.15) is 11.3 Å². The first-order valence-electron chi connectivity index (χ1n) is 8.80. The van der Waals surface area contributed by atoms with Gasteiger partial charge in [-0.05, 0) is 38.1 Å². The smallest absolute Gasteiger partial charge is 0.342 e. The first-order valence-corrected chi connectivity index (χ1v) is 9.18. The molecule has 0 bridgehead atoms. The summed E-state index contributed by atoms with van der Waals surface area (Å²) in [7, 11) is 0. The molecule has 0 fully saturated rings. The number of carbonyl (C=O) groups is 2. The van der Waals surface area contributed by atoms with Crippen LogP contribution in [0, 0.1) is 24.0 Å². The number of amides is 1. The highest BCUT2D eigenvalue weighted by Gasteiger charge is 2.22. The highest BCUT2D eigenvalue weighted by molar-refractivity contribution is 6.31. The number of para-hydroxylation sites is 1. The van der Waals surface area contributed by atoms with Crippen molar-refractivity contribution in [2.75, 3.05) is 11.9 Å². The van der Waals surface area contributed by atoms with Gasteiger partial charge in [0.15, 0.2) is 6.61 Å². The molecule has 0 saturated carbocycles. The van der Waals surface area contributed by atoms with Gasteiger partial charge in [-0.1, -0.05) is 29.8 Å². The fourth-order valence-electron chi connectivity index (χ4n) is 2.91. The van der Waals surface area contributed by atoms with Crippen LogP contribution >= 0.6 is 11.6 Å². The van der Waals surface area contributed by atoms with Crippen LogP contribution in [0.2, 0.25) is 5.02 Å². The Morgan fingerprint density at radius 3 is 2.57 bits per heavy atom. The minimum atomic E-state index is -0.723. The summed E-state index contributed by atoms with van der Waals surface area (Å²) in [6.45, 7) is 2.77. The number of halogens is 1. The lowest BCUT2D eigenvalue weighted by molar-refractivity contribution is -0.383. The molecule has 2 aromatic carbocycles. The number of nitrogens with zero attached hydrogens (tertiary/aromatic N) is 3. The second-order valence-corrected chi connectivity index (χ2v) is 6.77. The number of nitro benzene ring substituents is 1. The van der Waals surface area contributed by atoms with Crippen LogP contribution in [0.15, 0.2) is 48.5 Å². The Hall–Kier alpha value is -3.72. The van der Waals surface area contributed by atoms with E-state index in [-0.39, 0.29) is 22.0 Å². The predicted octanol–water partition coefficient (Wildman–Crippen LogP) is 3.85. The molecule has 3 aromatic rings. The molecule has 10 heteroatoms. The van der Waals surface area contributed by atoms with Gasteiger partial charge in [-0.2, -0.15) is 5.10 Å². The molecule has 154 valence electrons. The van der Waals surface area contributed by atoms with Crippen molar-refractivity contribution >= 4 is 34.9 Å². The first-order chi connectivity index (χ1) is 14.3. The fraction of sp³-hybridized carbons (Fsp3) is 0.150. The summed E-state index contributed by atoms with van der Waals surface area (Å²) in [6.07, 6.45) is 0. The van der Waals surface area contributed by atoms with E-state index < -0.39 is 23.4 Å². The summed E-state index contributed by atoms with van der Waals surface area (Å²) in [5.41, 5.74) is 1.65. The standard InChI is InChI=1S/C20H17ClN4O5/c1-12-19(13(2)24(23-12)15-6-4-3-5-7-15)20(27)30-11-18(26)22-16-9-8-14(21)10-17(16)25(28)29/h3-10H,11H2,1-2H3,(H,22,26). The average Bonchev–Trinajstić information content (AvgIpc) is 3.02. The van der Waals surface area contributed by atoms with Crippen LogP contribution in [0.5, 0.6) is 0 Å². The van der Waals surface area contributed by atoms with Crippen molar-refractivity contribution in [2.45, 2.75) is 13.8 Å². The molecule has 1 aromatic heterocycles. The number of benzene rings is 2. The number of aryl methyl sites for hydroxylation is 1. The lowest BCUT2D eigenvalue weighted by Gasteiger charge is -2.08. The highest BCUT2D eigenvalue weighted by atomic mass is 35.5. The SMILES string of the molecule is Cc1nn(-c2ccccc2)c(C)c1C(=O)OCC(=O)Nc1ccc(Cl)cc1[N+](=O)[O-]. The van der Waals surface area contributed by atoms with Crippen molar-refractivity contribution in [1.82, 2.24) is 9.78 Å². The minimum absolute atomic E-state index is 0.0466. The molecule has 0 radical (unpaired) electrons. The number of anilines is 1. The van der Waals surface area contributed by atoms with Crippen molar-refractivity contribution in [3.05, 3.63) is 80.6 Å². The van der Waals surface area contributed by atoms with Gasteiger partial charge in [0, 0.05) is 11.1 Å². The number of nitro groups is 1. The van der Waals surface area contributed by atoms with Crippen molar-refractivity contribution < 1.29 is 19.2 Å². The number of rotatable bonds is 6. The summed E-state index contributed by atoms with van der Waals surface area (Å²) < 4.78 is 6.71. The van der Waals surface area contributed by atoms with Gasteiger partial charge in [0.2, 0.25) is 0 Å². The molecule has 0 aliphatic rings. The molecule has 0 unspecified atom stereocenters. The monoisotopic (exact) mass is 428 g/mol. The number of aromatic nitrogens is 2. The van der Waals surface area contributed by atoms with Crippen molar-refractivity contribution in [1.29, 1.82) is 0 Å². The third kappa shape index (κ3) is 4.47. The van der Waals surface area contributed by atoms with E-state index in [2.05, 4.69) is 10.4 Å². The number of ether oxygens (including phenoxy) is 1. The van der Waals surface area contributed by atoms with Crippen LogP contribution in [-0.2, 0) is 9.53 Å². The summed E-state index contributed by atoms with van der Waals surface area (Å²) in [4.78, 5) is 35.1. The van der Waals surface area contributed by atoms with Crippen molar-refractivity contribution in [3.8, 4) is 5.69 Å². The number of nitrogens with one attached hydrogen (secondary N) is 1. The normalized spacial score (nSPS) is 10.5. The van der Waals surface area contributed by atoms with Gasteiger partial charge in [0.25, 0.3) is 11.6 Å². The second kappa shape index (κ2) is 8.75. The molecule has 0 saturated heterocycles. The Balaban J connectivity index is 1.70. The third-order valence-electron chi connectivity index (χ3n) is 4.26. The van der Waals surface area contributed by atoms with E-state index in [1.54, 1.807) is 18.5 Å². The van der Waals surface area contributed by atoms with Crippen LogP contribution in [0.4, 0.5) is 11.4 Å². The molecule has 0 aliphatic carbocycles. The van der Waals surface area contributed by atoms with Crippen LogP contribution in [0.1, 0.15) is 21.7 Å². The zero-order chi connectivity index (χ0) is 21.8. The first kappa shape index (κ1) is 21.0. The Labute approximate surface area is 176 Å². The maximum Gasteiger partial charge on any atom is 0.342 e. The summed E-state index contributed by atoms with van der Waals surface area (Å²) in [5.74, 6) is -1.44.